The number of benzene rings is 2. The summed E-state index contributed by atoms with van der Waals surface area (Å²) in [6.07, 6.45) is 0.919. The van der Waals surface area contributed by atoms with Gasteiger partial charge < -0.3 is 10.2 Å². The van der Waals surface area contributed by atoms with Crippen LogP contribution in [0.15, 0.2) is 36.4 Å². The fraction of sp³-hybridized carbons (Fsp3) is 0.368. The number of hydrogen-bond donors (Lipinski definition) is 1. The van der Waals surface area contributed by atoms with Crippen molar-refractivity contribution >= 4 is 11.4 Å². The van der Waals surface area contributed by atoms with Crippen molar-refractivity contribution < 1.29 is 9.15 Å². The molecule has 2 aromatic carbocycles. The number of hydrogen-bond acceptors (Lipinski definition) is 3. The van der Waals surface area contributed by atoms with Gasteiger partial charge in [-0.1, -0.05) is 12.1 Å². The van der Waals surface area contributed by atoms with Crippen LogP contribution in [0.4, 0.5) is 15.8 Å². The van der Waals surface area contributed by atoms with E-state index < -0.39 is 0 Å². The zero-order valence-corrected chi connectivity index (χ0v) is 13.8. The first-order chi connectivity index (χ1) is 11.7. The zero-order chi connectivity index (χ0) is 16.7. The monoisotopic (exact) mass is 326 g/mol. The van der Waals surface area contributed by atoms with E-state index in [0.29, 0.717) is 18.8 Å². The molecule has 124 valence electrons. The summed E-state index contributed by atoms with van der Waals surface area (Å²) in [5.41, 5.74) is 4.92. The largest absolute Gasteiger partial charge is 0.367 e. The van der Waals surface area contributed by atoms with Crippen molar-refractivity contribution in [2.45, 2.75) is 25.4 Å². The Labute approximate surface area is 140 Å². The van der Waals surface area contributed by atoms with Gasteiger partial charge >= 0.3 is 0 Å². The van der Waals surface area contributed by atoms with E-state index in [4.69, 9.17) is 0 Å². The molecule has 0 spiro atoms. The average molecular weight is 326 g/mol. The maximum atomic E-state index is 13.9. The Morgan fingerprint density at radius 2 is 2.08 bits per heavy atom. The topological polar surface area (TPSA) is 35.4 Å². The molecule has 0 saturated carbocycles. The van der Waals surface area contributed by atoms with Crippen LogP contribution in [-0.2, 0) is 13.1 Å². The molecule has 5 heteroatoms. The van der Waals surface area contributed by atoms with E-state index in [9.17, 15) is 9.30 Å². The second-order valence-electron chi connectivity index (χ2n) is 6.66. The van der Waals surface area contributed by atoms with Gasteiger partial charge in [0.1, 0.15) is 5.82 Å². The van der Waals surface area contributed by atoms with Gasteiger partial charge in [-0.15, -0.1) is 0 Å². The van der Waals surface area contributed by atoms with Crippen LogP contribution in [0.3, 0.4) is 0 Å². The van der Waals surface area contributed by atoms with Gasteiger partial charge in [-0.2, -0.15) is 0 Å². The van der Waals surface area contributed by atoms with Gasteiger partial charge in [0.05, 0.1) is 12.0 Å². The highest BCUT2D eigenvalue weighted by molar-refractivity contribution is 5.55. The van der Waals surface area contributed by atoms with Crippen molar-refractivity contribution in [2.75, 3.05) is 25.0 Å². The van der Waals surface area contributed by atoms with Crippen LogP contribution in [0.5, 0.6) is 0 Å². The van der Waals surface area contributed by atoms with Crippen LogP contribution < -0.4 is 10.2 Å². The Morgan fingerprint density at radius 3 is 2.83 bits per heavy atom. The Bertz CT molecular complexity index is 788. The van der Waals surface area contributed by atoms with Crippen molar-refractivity contribution in [1.82, 2.24) is 5.32 Å². The van der Waals surface area contributed by atoms with E-state index in [-0.39, 0.29) is 11.7 Å². The highest BCUT2D eigenvalue weighted by Crippen LogP contribution is 2.42. The Morgan fingerprint density at radius 1 is 1.29 bits per heavy atom. The summed E-state index contributed by atoms with van der Waals surface area (Å²) >= 11 is 0. The molecule has 0 bridgehead atoms. The third kappa shape index (κ3) is 2.59. The Kier molecular flexibility index (Phi) is 3.81. The number of anilines is 1. The molecule has 0 aliphatic carbocycles. The molecule has 1 unspecified atom stereocenters. The first-order valence-corrected chi connectivity index (χ1v) is 8.41. The number of nitrogens with one attached hydrogen (secondary N) is 1. The summed E-state index contributed by atoms with van der Waals surface area (Å²) in [5.74, 6) is -0.113. The molecule has 0 radical (unpaired) electrons. The van der Waals surface area contributed by atoms with Gasteiger partial charge in [0.25, 0.3) is 5.69 Å². The maximum Gasteiger partial charge on any atom is 0.262 e. The van der Waals surface area contributed by atoms with E-state index in [1.807, 2.05) is 7.05 Å². The summed E-state index contributed by atoms with van der Waals surface area (Å²) < 4.78 is 14.9. The molecule has 1 atom stereocenters. The molecule has 2 aliphatic heterocycles. The van der Waals surface area contributed by atoms with E-state index in [2.05, 4.69) is 34.5 Å². The summed E-state index contributed by atoms with van der Waals surface area (Å²) in [5, 5.41) is 3.15. The minimum atomic E-state index is -0.323. The number of rotatable bonds is 3. The lowest BCUT2D eigenvalue weighted by atomic mass is 9.94. The minimum absolute atomic E-state index is 0.210. The predicted molar refractivity (Wildman–Crippen MR) is 92.2 cm³/mol. The molecule has 0 saturated heterocycles. The fourth-order valence-electron chi connectivity index (χ4n) is 3.94. The van der Waals surface area contributed by atoms with Crippen molar-refractivity contribution in [2.24, 2.45) is 0 Å². The molecule has 24 heavy (non-hydrogen) atoms. The summed E-state index contributed by atoms with van der Waals surface area (Å²) in [6, 6.07) is 11.5. The summed E-state index contributed by atoms with van der Waals surface area (Å²) in [7, 11) is 1.93. The molecule has 1 N–H and O–H groups in total. The lowest BCUT2D eigenvalue weighted by molar-refractivity contribution is -0.455. The molecular formula is C19H21FN3O+. The lowest BCUT2D eigenvalue weighted by Crippen LogP contribution is -2.23. The van der Waals surface area contributed by atoms with Crippen LogP contribution in [0.25, 0.3) is 0 Å². The second-order valence-corrected chi connectivity index (χ2v) is 6.66. The molecule has 2 heterocycles. The Hall–Kier alpha value is -2.27. The molecule has 2 aliphatic rings. The van der Waals surface area contributed by atoms with Gasteiger partial charge in [0.15, 0.2) is 0 Å². The van der Waals surface area contributed by atoms with E-state index in [0.717, 1.165) is 41.1 Å². The van der Waals surface area contributed by atoms with Crippen LogP contribution in [-0.4, -0.2) is 24.9 Å². The quantitative estimate of drug-likeness (QED) is 0.877. The van der Waals surface area contributed by atoms with Gasteiger partial charge in [-0.05, 0) is 42.8 Å². The average Bonchev–Trinajstić information content (AvgIpc) is 2.77. The second kappa shape index (κ2) is 5.98. The fourth-order valence-corrected chi connectivity index (χ4v) is 3.94. The van der Waals surface area contributed by atoms with E-state index in [1.165, 1.54) is 11.6 Å². The van der Waals surface area contributed by atoms with E-state index >= 15 is 0 Å². The molecule has 2 aromatic rings. The zero-order valence-electron chi connectivity index (χ0n) is 13.8. The van der Waals surface area contributed by atoms with Crippen LogP contribution in [0.1, 0.15) is 29.0 Å². The van der Waals surface area contributed by atoms with Crippen LogP contribution >= 0.6 is 0 Å². The first-order valence-electron chi connectivity index (χ1n) is 8.41. The summed E-state index contributed by atoms with van der Waals surface area (Å²) in [6.45, 7) is 2.81. The summed E-state index contributed by atoms with van der Waals surface area (Å²) in [4.78, 5) is 14.3. The van der Waals surface area contributed by atoms with Gasteiger partial charge in [0, 0.05) is 40.6 Å². The maximum absolute atomic E-state index is 13.9. The number of nitrogens with zero attached hydrogens (tertiary/aromatic N) is 2. The van der Waals surface area contributed by atoms with Crippen LogP contribution in [0, 0.1) is 10.7 Å². The Balaban J connectivity index is 1.67. The smallest absolute Gasteiger partial charge is 0.262 e. The molecule has 0 fully saturated rings. The van der Waals surface area contributed by atoms with Gasteiger partial charge in [-0.3, -0.25) is 0 Å². The molecule has 4 rings (SSSR count). The molecule has 0 aromatic heterocycles. The van der Waals surface area contributed by atoms with Gasteiger partial charge in [-0.25, -0.2) is 4.39 Å². The van der Waals surface area contributed by atoms with Crippen molar-refractivity contribution in [1.29, 1.82) is 0 Å². The minimum Gasteiger partial charge on any atom is -0.367 e. The van der Waals surface area contributed by atoms with Crippen molar-refractivity contribution in [3.05, 3.63) is 63.8 Å². The third-order valence-corrected chi connectivity index (χ3v) is 5.06. The standard InChI is InChI=1S/C19H21FN3O/c1-21-10-13-2-4-17(5-3-13)22-7-6-14-12-23(24)18-9-16(20)8-15(11-22)19(14)18/h2-5,8-9,14,21H,6-7,10-12H2,1H3/q+1. The highest BCUT2D eigenvalue weighted by Gasteiger charge is 2.41. The molecule has 4 nitrogen and oxygen atoms in total. The van der Waals surface area contributed by atoms with Gasteiger partial charge in [0.2, 0.25) is 6.54 Å². The highest BCUT2D eigenvalue weighted by atomic mass is 19.1. The normalized spacial score (nSPS) is 19.3. The van der Waals surface area contributed by atoms with Crippen molar-refractivity contribution in [3.8, 4) is 0 Å². The van der Waals surface area contributed by atoms with Crippen molar-refractivity contribution in [3.63, 3.8) is 0 Å². The third-order valence-electron chi connectivity index (χ3n) is 5.06. The van der Waals surface area contributed by atoms with E-state index in [1.54, 1.807) is 6.07 Å². The first kappa shape index (κ1) is 15.3. The lowest BCUT2D eigenvalue weighted by Gasteiger charge is -2.23. The number of halogens is 1. The molecular weight excluding hydrogens is 305 g/mol. The SMILES string of the molecule is CNCc1ccc(N2CCC3C[N+](=O)c4cc(F)cc(c43)C2)cc1. The number of nitroso groups, excluding NO2 is 1. The predicted octanol–water partition coefficient (Wildman–Crippen LogP) is 3.46. The van der Waals surface area contributed by atoms with Crippen LogP contribution in [0.2, 0.25) is 0 Å². The molecule has 0 amide bonds.